The Kier molecular flexibility index (Phi) is 9.02. The fourth-order valence-corrected chi connectivity index (χ4v) is 5.98. The molecule has 3 atom stereocenters. The Labute approximate surface area is 254 Å². The first kappa shape index (κ1) is 31.2. The molecule has 1 saturated carbocycles. The Morgan fingerprint density at radius 2 is 1.86 bits per heavy atom. The Balaban J connectivity index is 1.38. The van der Waals surface area contributed by atoms with Crippen molar-refractivity contribution in [1.82, 2.24) is 20.6 Å². The minimum atomic E-state index is -1.23. The fraction of sp³-hybridized carbons (Fsp3) is 0.469. The quantitative estimate of drug-likeness (QED) is 0.260. The lowest BCUT2D eigenvalue weighted by molar-refractivity contribution is -0.0421. The molecule has 1 spiro atoms. The number of carbonyl (C=O) groups is 1. The molecule has 3 heterocycles. The van der Waals surface area contributed by atoms with Gasteiger partial charge in [0.15, 0.2) is 11.5 Å². The van der Waals surface area contributed by atoms with Crippen LogP contribution in [0.4, 0.5) is 13.2 Å². The number of carbonyl (C=O) groups excluding carboxylic acids is 1. The molecule has 5 rings (SSSR count). The molecule has 0 unspecified atom stereocenters. The second-order valence-corrected chi connectivity index (χ2v) is 13.3. The molecular weight excluding hydrogens is 581 g/mol. The van der Waals surface area contributed by atoms with Gasteiger partial charge in [0.05, 0.1) is 12.1 Å². The summed E-state index contributed by atoms with van der Waals surface area (Å²) in [7, 11) is 0. The minimum absolute atomic E-state index is 0.0118. The maximum Gasteiger partial charge on any atom is 0.273 e. The number of fused-ring (bicyclic) bond motifs is 1. The van der Waals surface area contributed by atoms with Crippen LogP contribution in [0.15, 0.2) is 42.6 Å². The Bertz CT molecular complexity index is 1470. The summed E-state index contributed by atoms with van der Waals surface area (Å²) in [5.41, 5.74) is 1.36. The lowest BCUT2D eigenvalue weighted by Gasteiger charge is -2.47. The number of rotatable bonds is 9. The molecule has 0 bridgehead atoms. The van der Waals surface area contributed by atoms with Crippen molar-refractivity contribution >= 4 is 17.5 Å². The van der Waals surface area contributed by atoms with Crippen LogP contribution in [-0.4, -0.2) is 45.3 Å². The molecule has 11 heteroatoms. The Morgan fingerprint density at radius 1 is 1.14 bits per heavy atom. The highest BCUT2D eigenvalue weighted by atomic mass is 35.5. The summed E-state index contributed by atoms with van der Waals surface area (Å²) in [4.78, 5) is 21.5. The van der Waals surface area contributed by atoms with Gasteiger partial charge in [0.25, 0.3) is 5.91 Å². The molecule has 0 saturated heterocycles. The van der Waals surface area contributed by atoms with Crippen molar-refractivity contribution in [2.24, 2.45) is 5.41 Å². The van der Waals surface area contributed by atoms with E-state index in [1.807, 2.05) is 6.20 Å². The van der Waals surface area contributed by atoms with Crippen molar-refractivity contribution in [3.8, 4) is 5.88 Å². The van der Waals surface area contributed by atoms with Gasteiger partial charge in [-0.25, -0.2) is 23.1 Å². The minimum Gasteiger partial charge on any atom is -0.471 e. The van der Waals surface area contributed by atoms with Crippen LogP contribution < -0.4 is 15.4 Å². The molecule has 230 valence electrons. The zero-order valence-electron chi connectivity index (χ0n) is 24.4. The number of pyridine rings is 2. The first-order valence-electron chi connectivity index (χ1n) is 14.5. The summed E-state index contributed by atoms with van der Waals surface area (Å²) in [6.07, 6.45) is 4.85. The van der Waals surface area contributed by atoms with Gasteiger partial charge in [0.2, 0.25) is 5.88 Å². The molecule has 3 aromatic rings. The third-order valence-corrected chi connectivity index (χ3v) is 8.17. The maximum atomic E-state index is 14.4. The van der Waals surface area contributed by atoms with Gasteiger partial charge in [-0.3, -0.25) is 4.79 Å². The second kappa shape index (κ2) is 12.4. The van der Waals surface area contributed by atoms with Crippen molar-refractivity contribution in [1.29, 1.82) is 0 Å². The molecule has 2 aliphatic rings. The lowest BCUT2D eigenvalue weighted by Crippen LogP contribution is -2.52. The van der Waals surface area contributed by atoms with E-state index in [1.54, 1.807) is 0 Å². The predicted molar refractivity (Wildman–Crippen MR) is 156 cm³/mol. The first-order valence-corrected chi connectivity index (χ1v) is 14.8. The number of hydrogen-bond acceptors (Lipinski definition) is 6. The molecule has 1 aliphatic heterocycles. The SMILES string of the molecule is CC(C)(C)Cc1cnc2c(c1)[C@@H](NC[C@H](O)[C@H](Cc1cc(F)cc(F)c1)NC(=O)c1nc(Cl)ccc1F)CC1(CCC1)O2. The van der Waals surface area contributed by atoms with Crippen LogP contribution in [0.25, 0.3) is 0 Å². The van der Waals surface area contributed by atoms with Gasteiger partial charge < -0.3 is 20.5 Å². The van der Waals surface area contributed by atoms with Crippen molar-refractivity contribution in [2.45, 2.75) is 83.1 Å². The lowest BCUT2D eigenvalue weighted by atomic mass is 9.73. The molecule has 1 fully saturated rings. The molecule has 2 aromatic heterocycles. The number of hydrogen-bond donors (Lipinski definition) is 3. The van der Waals surface area contributed by atoms with Crippen LogP contribution in [0.5, 0.6) is 5.88 Å². The molecule has 1 amide bonds. The van der Waals surface area contributed by atoms with Crippen LogP contribution in [0.1, 0.15) is 79.7 Å². The summed E-state index contributed by atoms with van der Waals surface area (Å²) < 4.78 is 48.7. The van der Waals surface area contributed by atoms with Gasteiger partial charge in [-0.2, -0.15) is 0 Å². The van der Waals surface area contributed by atoms with Gasteiger partial charge >= 0.3 is 0 Å². The Morgan fingerprint density at radius 3 is 2.51 bits per heavy atom. The number of aromatic nitrogens is 2. The highest BCUT2D eigenvalue weighted by Crippen LogP contribution is 2.48. The monoisotopic (exact) mass is 616 g/mol. The van der Waals surface area contributed by atoms with E-state index in [-0.39, 0.29) is 40.7 Å². The van der Waals surface area contributed by atoms with Crippen LogP contribution in [0.3, 0.4) is 0 Å². The maximum absolute atomic E-state index is 14.4. The zero-order valence-corrected chi connectivity index (χ0v) is 25.1. The third-order valence-electron chi connectivity index (χ3n) is 7.96. The van der Waals surface area contributed by atoms with Crippen LogP contribution >= 0.6 is 11.6 Å². The molecule has 1 aromatic carbocycles. The normalized spacial score (nSPS) is 18.7. The van der Waals surface area contributed by atoms with Crippen LogP contribution in [0, 0.1) is 22.9 Å². The number of ether oxygens (including phenoxy) is 1. The summed E-state index contributed by atoms with van der Waals surface area (Å²) in [6, 6.07) is 6.05. The first-order chi connectivity index (χ1) is 20.3. The molecule has 1 aliphatic carbocycles. The van der Waals surface area contributed by atoms with E-state index in [4.69, 9.17) is 16.3 Å². The number of nitrogens with one attached hydrogen (secondary N) is 2. The zero-order chi connectivity index (χ0) is 30.9. The second-order valence-electron chi connectivity index (χ2n) is 12.9. The average Bonchev–Trinajstić information content (AvgIpc) is 2.90. The molecule has 43 heavy (non-hydrogen) atoms. The number of aliphatic hydroxyl groups excluding tert-OH is 1. The van der Waals surface area contributed by atoms with Gasteiger partial charge in [-0.1, -0.05) is 32.4 Å². The smallest absolute Gasteiger partial charge is 0.273 e. The van der Waals surface area contributed by atoms with Crippen molar-refractivity contribution < 1.29 is 27.8 Å². The van der Waals surface area contributed by atoms with E-state index >= 15 is 0 Å². The van der Waals surface area contributed by atoms with Gasteiger partial charge in [0.1, 0.15) is 22.4 Å². The number of aliphatic hydroxyl groups is 1. The van der Waals surface area contributed by atoms with Crippen LogP contribution in [-0.2, 0) is 12.8 Å². The van der Waals surface area contributed by atoms with Gasteiger partial charge in [-0.15, -0.1) is 0 Å². The van der Waals surface area contributed by atoms with Crippen molar-refractivity contribution in [2.75, 3.05) is 6.54 Å². The molecule has 3 N–H and O–H groups in total. The van der Waals surface area contributed by atoms with E-state index in [2.05, 4.69) is 47.4 Å². The van der Waals surface area contributed by atoms with Crippen molar-refractivity contribution in [3.63, 3.8) is 0 Å². The molecular formula is C32H36ClF3N4O3. The summed E-state index contributed by atoms with van der Waals surface area (Å²) >= 11 is 5.87. The Hall–Kier alpha value is -3.21. The summed E-state index contributed by atoms with van der Waals surface area (Å²) in [6.45, 7) is 6.48. The molecule has 7 nitrogen and oxygen atoms in total. The highest BCUT2D eigenvalue weighted by Gasteiger charge is 2.46. The van der Waals surface area contributed by atoms with Gasteiger partial charge in [-0.05, 0) is 79.0 Å². The number of nitrogens with zero attached hydrogens (tertiary/aromatic N) is 2. The fourth-order valence-electron chi connectivity index (χ4n) is 5.83. The highest BCUT2D eigenvalue weighted by molar-refractivity contribution is 6.29. The van der Waals surface area contributed by atoms with E-state index in [9.17, 15) is 23.1 Å². The third kappa shape index (κ3) is 7.66. The average molecular weight is 617 g/mol. The van der Waals surface area contributed by atoms with E-state index < -0.39 is 41.2 Å². The topological polar surface area (TPSA) is 96.4 Å². The van der Waals surface area contributed by atoms with E-state index in [0.717, 1.165) is 61.1 Å². The molecule has 0 radical (unpaired) electrons. The number of amides is 1. The van der Waals surface area contributed by atoms with E-state index in [0.29, 0.717) is 12.3 Å². The summed E-state index contributed by atoms with van der Waals surface area (Å²) in [5.74, 6) is -2.83. The van der Waals surface area contributed by atoms with Crippen molar-refractivity contribution in [3.05, 3.63) is 87.6 Å². The predicted octanol–water partition coefficient (Wildman–Crippen LogP) is 5.87. The van der Waals surface area contributed by atoms with Crippen LogP contribution in [0.2, 0.25) is 5.15 Å². The standard InChI is InChI=1S/C32H36ClF3N4O3/c1-31(2,3)14-19-11-22-25(15-32(7-4-8-32)43-30(22)38-16-19)37-17-26(41)24(12-18-9-20(34)13-21(35)10-18)39-29(42)28-23(36)5-6-27(33)40-28/h5-6,9-11,13,16,24-26,37,41H,4,7-8,12,14-15,17H2,1-3H3,(H,39,42)/t24-,25-,26-/m0/s1. The van der Waals surface area contributed by atoms with E-state index in [1.165, 1.54) is 6.07 Å². The number of benzene rings is 1. The summed E-state index contributed by atoms with van der Waals surface area (Å²) in [5, 5.41) is 17.3. The largest absolute Gasteiger partial charge is 0.471 e. The number of halogens is 4. The van der Waals surface area contributed by atoms with Gasteiger partial charge in [0, 0.05) is 36.8 Å².